The second kappa shape index (κ2) is 8.43. The summed E-state index contributed by atoms with van der Waals surface area (Å²) >= 11 is 0. The first kappa shape index (κ1) is 20.1. The summed E-state index contributed by atoms with van der Waals surface area (Å²) in [4.78, 5) is 18.5. The molecule has 2 unspecified atom stereocenters. The van der Waals surface area contributed by atoms with Gasteiger partial charge in [0.1, 0.15) is 5.75 Å². The fourth-order valence-corrected chi connectivity index (χ4v) is 3.38. The molecular weight excluding hydrogens is 330 g/mol. The summed E-state index contributed by atoms with van der Waals surface area (Å²) in [5.74, 6) is 1.66. The molecule has 1 aromatic carbocycles. The van der Waals surface area contributed by atoms with Crippen LogP contribution in [-0.2, 0) is 14.9 Å². The molecule has 6 nitrogen and oxygen atoms in total. The van der Waals surface area contributed by atoms with Crippen molar-refractivity contribution in [1.82, 2.24) is 10.2 Å². The largest absolute Gasteiger partial charge is 0.497 e. The molecule has 0 amide bonds. The molecule has 0 saturated carbocycles. The van der Waals surface area contributed by atoms with Gasteiger partial charge in [-0.15, -0.1) is 0 Å². The number of guanidine groups is 1. The van der Waals surface area contributed by atoms with Crippen LogP contribution in [-0.4, -0.2) is 57.7 Å². The van der Waals surface area contributed by atoms with E-state index in [1.165, 1.54) is 12.7 Å². The summed E-state index contributed by atoms with van der Waals surface area (Å²) in [6, 6.07) is 8.13. The number of nitrogens with one attached hydrogen (secondary N) is 1. The van der Waals surface area contributed by atoms with E-state index < -0.39 is 0 Å². The molecule has 1 saturated heterocycles. The predicted octanol–water partition coefficient (Wildman–Crippen LogP) is 2.29. The molecule has 144 valence electrons. The minimum Gasteiger partial charge on any atom is -0.497 e. The molecule has 0 radical (unpaired) electrons. The van der Waals surface area contributed by atoms with Crippen molar-refractivity contribution < 1.29 is 14.3 Å². The van der Waals surface area contributed by atoms with E-state index in [1.807, 2.05) is 12.1 Å². The van der Waals surface area contributed by atoms with Crippen molar-refractivity contribution in [3.8, 4) is 5.75 Å². The van der Waals surface area contributed by atoms with Crippen LogP contribution in [0.3, 0.4) is 0 Å². The average Bonchev–Trinajstić information content (AvgIpc) is 3.03. The molecule has 1 fully saturated rings. The van der Waals surface area contributed by atoms with Gasteiger partial charge >= 0.3 is 5.97 Å². The predicted molar refractivity (Wildman–Crippen MR) is 104 cm³/mol. The van der Waals surface area contributed by atoms with E-state index in [0.717, 1.165) is 24.8 Å². The maximum Gasteiger partial charge on any atom is 0.310 e. The van der Waals surface area contributed by atoms with Crippen LogP contribution in [0.5, 0.6) is 5.75 Å². The van der Waals surface area contributed by atoms with Gasteiger partial charge in [-0.2, -0.15) is 0 Å². The maximum absolute atomic E-state index is 11.9. The number of nitrogens with zero attached hydrogens (tertiary/aromatic N) is 2. The summed E-state index contributed by atoms with van der Waals surface area (Å²) < 4.78 is 10.3. The highest BCUT2D eigenvalue weighted by atomic mass is 16.5. The molecule has 0 aliphatic carbocycles. The molecular formula is C20H31N3O3. The molecule has 1 aliphatic heterocycles. The van der Waals surface area contributed by atoms with Crippen molar-refractivity contribution in [1.29, 1.82) is 0 Å². The Hall–Kier alpha value is -2.24. The Morgan fingerprint density at radius 1 is 1.35 bits per heavy atom. The molecule has 0 aromatic heterocycles. The summed E-state index contributed by atoms with van der Waals surface area (Å²) in [6.07, 6.45) is 0. The number of ether oxygens (including phenoxy) is 2. The maximum atomic E-state index is 11.9. The number of likely N-dealkylation sites (tertiary alicyclic amines) is 1. The first-order valence-corrected chi connectivity index (χ1v) is 9.00. The van der Waals surface area contributed by atoms with Crippen LogP contribution in [0, 0.1) is 11.8 Å². The Morgan fingerprint density at radius 3 is 2.69 bits per heavy atom. The Bertz CT molecular complexity index is 657. The van der Waals surface area contributed by atoms with E-state index in [9.17, 15) is 4.79 Å². The fourth-order valence-electron chi connectivity index (χ4n) is 3.38. The highest BCUT2D eigenvalue weighted by Crippen LogP contribution is 2.27. The highest BCUT2D eigenvalue weighted by Gasteiger charge is 2.37. The second-order valence-electron chi connectivity index (χ2n) is 7.53. The summed E-state index contributed by atoms with van der Waals surface area (Å²) in [7, 11) is 4.90. The molecule has 1 aromatic rings. The van der Waals surface area contributed by atoms with Crippen LogP contribution < -0.4 is 10.1 Å². The standard InChI is InChI=1S/C20H31N3O3/c1-14-11-23(12-17(14)18(24)26-6)19(21-4)22-13-20(2,3)15-8-7-9-16(10-15)25-5/h7-10,14,17H,11-13H2,1-6H3,(H,21,22). The topological polar surface area (TPSA) is 63.2 Å². The molecule has 1 N–H and O–H groups in total. The Balaban J connectivity index is 2.03. The molecule has 1 aliphatic rings. The SMILES string of the molecule is CN=C(NCC(C)(C)c1cccc(OC)c1)N1CC(C)C(C(=O)OC)C1. The van der Waals surface area contributed by atoms with Crippen molar-refractivity contribution in [2.45, 2.75) is 26.2 Å². The zero-order chi connectivity index (χ0) is 19.3. The van der Waals surface area contributed by atoms with Crippen LogP contribution >= 0.6 is 0 Å². The number of benzene rings is 1. The number of hydrogen-bond donors (Lipinski definition) is 1. The van der Waals surface area contributed by atoms with Crippen LogP contribution in [0.4, 0.5) is 0 Å². The lowest BCUT2D eigenvalue weighted by Gasteiger charge is -2.29. The van der Waals surface area contributed by atoms with Crippen LogP contribution in [0.1, 0.15) is 26.3 Å². The zero-order valence-electron chi connectivity index (χ0n) is 16.7. The molecule has 0 spiro atoms. The minimum absolute atomic E-state index is 0.0996. The van der Waals surface area contributed by atoms with E-state index >= 15 is 0 Å². The van der Waals surface area contributed by atoms with E-state index in [2.05, 4.69) is 48.1 Å². The lowest BCUT2D eigenvalue weighted by atomic mass is 9.84. The Labute approximate surface area is 156 Å². The van der Waals surface area contributed by atoms with Gasteiger partial charge in [-0.1, -0.05) is 32.9 Å². The lowest BCUT2D eigenvalue weighted by Crippen LogP contribution is -2.45. The van der Waals surface area contributed by atoms with Gasteiger partial charge in [0.25, 0.3) is 0 Å². The monoisotopic (exact) mass is 361 g/mol. The smallest absolute Gasteiger partial charge is 0.310 e. The van der Waals surface area contributed by atoms with Gasteiger partial charge in [-0.3, -0.25) is 9.79 Å². The number of esters is 1. The van der Waals surface area contributed by atoms with Crippen molar-refractivity contribution in [2.24, 2.45) is 16.8 Å². The second-order valence-corrected chi connectivity index (χ2v) is 7.53. The molecule has 6 heteroatoms. The van der Waals surface area contributed by atoms with Gasteiger partial charge in [0, 0.05) is 32.1 Å². The fraction of sp³-hybridized carbons (Fsp3) is 0.600. The Kier molecular flexibility index (Phi) is 6.51. The number of hydrogen-bond acceptors (Lipinski definition) is 4. The van der Waals surface area contributed by atoms with Gasteiger partial charge in [-0.05, 0) is 23.6 Å². The van der Waals surface area contributed by atoms with Gasteiger partial charge < -0.3 is 19.7 Å². The zero-order valence-corrected chi connectivity index (χ0v) is 16.7. The quantitative estimate of drug-likeness (QED) is 0.495. The molecule has 1 heterocycles. The van der Waals surface area contributed by atoms with Crippen LogP contribution in [0.25, 0.3) is 0 Å². The van der Waals surface area contributed by atoms with Gasteiger partial charge in [-0.25, -0.2) is 0 Å². The van der Waals surface area contributed by atoms with Crippen molar-refractivity contribution >= 4 is 11.9 Å². The van der Waals surface area contributed by atoms with Gasteiger partial charge in [0.2, 0.25) is 0 Å². The van der Waals surface area contributed by atoms with Crippen LogP contribution in [0.2, 0.25) is 0 Å². The van der Waals surface area contributed by atoms with Crippen LogP contribution in [0.15, 0.2) is 29.3 Å². The first-order chi connectivity index (χ1) is 12.3. The third-order valence-electron chi connectivity index (χ3n) is 5.17. The average molecular weight is 361 g/mol. The lowest BCUT2D eigenvalue weighted by molar-refractivity contribution is -0.145. The number of methoxy groups -OCH3 is 2. The Morgan fingerprint density at radius 2 is 2.08 bits per heavy atom. The molecule has 0 bridgehead atoms. The third kappa shape index (κ3) is 4.48. The van der Waals surface area contributed by atoms with Gasteiger partial charge in [0.05, 0.1) is 20.1 Å². The molecule has 2 atom stereocenters. The van der Waals surface area contributed by atoms with E-state index in [-0.39, 0.29) is 23.2 Å². The number of aliphatic imine (C=N–C) groups is 1. The van der Waals surface area contributed by atoms with E-state index in [1.54, 1.807) is 14.2 Å². The molecule has 26 heavy (non-hydrogen) atoms. The van der Waals surface area contributed by atoms with E-state index in [0.29, 0.717) is 6.54 Å². The molecule has 2 rings (SSSR count). The number of carbonyl (C=O) groups is 1. The summed E-state index contributed by atoms with van der Waals surface area (Å²) in [6.45, 7) is 8.60. The van der Waals surface area contributed by atoms with Gasteiger partial charge in [0.15, 0.2) is 5.96 Å². The third-order valence-corrected chi connectivity index (χ3v) is 5.17. The van der Waals surface area contributed by atoms with Crippen molar-refractivity contribution in [2.75, 3.05) is 40.9 Å². The first-order valence-electron chi connectivity index (χ1n) is 9.00. The normalized spacial score (nSPS) is 20.8. The van der Waals surface area contributed by atoms with Crippen molar-refractivity contribution in [3.05, 3.63) is 29.8 Å². The number of carbonyl (C=O) groups excluding carboxylic acids is 1. The highest BCUT2D eigenvalue weighted by molar-refractivity contribution is 5.82. The van der Waals surface area contributed by atoms with Crippen molar-refractivity contribution in [3.63, 3.8) is 0 Å². The number of rotatable bonds is 5. The minimum atomic E-state index is -0.146. The summed E-state index contributed by atoms with van der Waals surface area (Å²) in [5.41, 5.74) is 1.10. The summed E-state index contributed by atoms with van der Waals surface area (Å²) in [5, 5.41) is 3.47. The van der Waals surface area contributed by atoms with E-state index in [4.69, 9.17) is 9.47 Å².